The van der Waals surface area contributed by atoms with Crippen LogP contribution in [0.25, 0.3) is 0 Å². The Hall–Kier alpha value is -2.73. The van der Waals surface area contributed by atoms with Gasteiger partial charge in [-0.15, -0.1) is 12.4 Å². The molecule has 0 spiro atoms. The maximum Gasteiger partial charge on any atom is 0.198 e. The first-order valence-corrected chi connectivity index (χ1v) is 11.2. The summed E-state index contributed by atoms with van der Waals surface area (Å²) < 4.78 is 0. The molecule has 0 fully saturated rings. The summed E-state index contributed by atoms with van der Waals surface area (Å²) in [4.78, 5) is 15.4. The molecule has 0 aromatic heterocycles. The van der Waals surface area contributed by atoms with Crippen molar-refractivity contribution < 1.29 is 9.90 Å². The Labute approximate surface area is 208 Å². The Balaban J connectivity index is 0.00000259. The predicted octanol–water partition coefficient (Wildman–Crippen LogP) is 6.06. The van der Waals surface area contributed by atoms with Gasteiger partial charge in [0.1, 0.15) is 11.5 Å². The number of hydrazone groups is 1. The number of carbonyl (C=O) groups is 1. The molecule has 5 rings (SSSR count). The second kappa shape index (κ2) is 9.64. The molecular formula is C25H22Cl3N3O2. The van der Waals surface area contributed by atoms with Crippen molar-refractivity contribution in [2.24, 2.45) is 5.10 Å². The van der Waals surface area contributed by atoms with Gasteiger partial charge in [0.15, 0.2) is 5.78 Å². The Bertz CT molecular complexity index is 1210. The quantitative estimate of drug-likeness (QED) is 0.461. The summed E-state index contributed by atoms with van der Waals surface area (Å²) in [6.45, 7) is 1.12. The van der Waals surface area contributed by atoms with Crippen LogP contribution in [0.15, 0.2) is 71.8 Å². The van der Waals surface area contributed by atoms with Gasteiger partial charge in [0.25, 0.3) is 0 Å². The minimum absolute atomic E-state index is 0. The highest BCUT2D eigenvalue weighted by atomic mass is 35.5. The zero-order valence-electron chi connectivity index (χ0n) is 17.6. The predicted molar refractivity (Wildman–Crippen MR) is 136 cm³/mol. The van der Waals surface area contributed by atoms with Crippen LogP contribution < -0.4 is 9.91 Å². The molecule has 0 saturated heterocycles. The van der Waals surface area contributed by atoms with Crippen LogP contribution in [-0.2, 0) is 11.2 Å². The number of ketones is 1. The molecule has 3 aromatic rings. The lowest BCUT2D eigenvalue weighted by Crippen LogP contribution is -2.31. The van der Waals surface area contributed by atoms with Crippen LogP contribution in [0, 0.1) is 0 Å². The first-order valence-electron chi connectivity index (χ1n) is 10.5. The Morgan fingerprint density at radius 2 is 1.79 bits per heavy atom. The number of halogens is 3. The lowest BCUT2D eigenvalue weighted by atomic mass is 9.99. The fourth-order valence-corrected chi connectivity index (χ4v) is 4.85. The van der Waals surface area contributed by atoms with Crippen LogP contribution in [0.1, 0.15) is 23.6 Å². The van der Waals surface area contributed by atoms with E-state index in [1.54, 1.807) is 29.3 Å². The first kappa shape index (κ1) is 23.4. The number of hydrogen-bond donors (Lipinski definition) is 1. The lowest BCUT2D eigenvalue weighted by molar-refractivity contribution is -0.111. The van der Waals surface area contributed by atoms with Crippen LogP contribution >= 0.6 is 35.6 Å². The summed E-state index contributed by atoms with van der Waals surface area (Å²) in [6.07, 6.45) is 1.40. The summed E-state index contributed by atoms with van der Waals surface area (Å²) in [5, 5.41) is 17.2. The van der Waals surface area contributed by atoms with Crippen molar-refractivity contribution in [1.29, 1.82) is 0 Å². The van der Waals surface area contributed by atoms with E-state index in [9.17, 15) is 9.90 Å². The molecule has 2 aliphatic heterocycles. The van der Waals surface area contributed by atoms with Gasteiger partial charge in [-0.1, -0.05) is 53.5 Å². The van der Waals surface area contributed by atoms with Gasteiger partial charge < -0.3 is 10.0 Å². The van der Waals surface area contributed by atoms with E-state index in [4.69, 9.17) is 28.3 Å². The zero-order chi connectivity index (χ0) is 22.2. The highest BCUT2D eigenvalue weighted by molar-refractivity contribution is 6.42. The van der Waals surface area contributed by atoms with E-state index in [2.05, 4.69) is 17.0 Å². The molecular weight excluding hydrogens is 481 g/mol. The topological polar surface area (TPSA) is 56.1 Å². The summed E-state index contributed by atoms with van der Waals surface area (Å²) in [5.41, 5.74) is 4.52. The number of phenolic OH excluding ortho intramolecular Hbond substituents is 1. The molecule has 0 saturated carbocycles. The van der Waals surface area contributed by atoms with Gasteiger partial charge in [-0.05, 0) is 53.9 Å². The minimum Gasteiger partial charge on any atom is -0.508 e. The van der Waals surface area contributed by atoms with Gasteiger partial charge in [0, 0.05) is 23.7 Å². The standard InChI is InChI=1S/C25H21Cl2N3O2.ClH/c26-18-7-10-23(20(27)13-18)30-24(17-5-8-19(31)9-6-17)14-21(28-30)25(32)15-29-12-11-16-3-1-2-4-22(16)29;/h1-10,13,24,31H,11-12,14-15H2;1H. The minimum atomic E-state index is -0.209. The van der Waals surface area contributed by atoms with Crippen molar-refractivity contribution in [3.63, 3.8) is 0 Å². The van der Waals surface area contributed by atoms with Gasteiger partial charge in [0.2, 0.25) is 0 Å². The SMILES string of the molecule is Cl.O=C(CN1CCc2ccccc21)C1=NN(c2ccc(Cl)cc2Cl)C(c2ccc(O)cc2)C1. The van der Waals surface area contributed by atoms with E-state index >= 15 is 0 Å². The number of phenols is 1. The molecule has 170 valence electrons. The number of fused-ring (bicyclic) bond motifs is 1. The van der Waals surface area contributed by atoms with Crippen molar-refractivity contribution in [3.8, 4) is 5.75 Å². The van der Waals surface area contributed by atoms with E-state index in [0.717, 1.165) is 24.2 Å². The van der Waals surface area contributed by atoms with Gasteiger partial charge in [-0.25, -0.2) is 0 Å². The number of para-hydroxylation sites is 1. The molecule has 1 unspecified atom stereocenters. The second-order valence-corrected chi connectivity index (χ2v) is 8.87. The zero-order valence-corrected chi connectivity index (χ0v) is 19.9. The number of rotatable bonds is 5. The number of carbonyl (C=O) groups excluding carboxylic acids is 1. The molecule has 33 heavy (non-hydrogen) atoms. The highest BCUT2D eigenvalue weighted by Gasteiger charge is 2.34. The smallest absolute Gasteiger partial charge is 0.198 e. The fourth-order valence-electron chi connectivity index (χ4n) is 4.36. The third-order valence-electron chi connectivity index (χ3n) is 5.98. The van der Waals surface area contributed by atoms with Crippen LogP contribution in [0.2, 0.25) is 10.0 Å². The maximum atomic E-state index is 13.3. The first-order chi connectivity index (χ1) is 15.5. The van der Waals surface area contributed by atoms with Gasteiger partial charge >= 0.3 is 0 Å². The van der Waals surface area contributed by atoms with E-state index in [1.807, 2.05) is 30.3 Å². The summed E-state index contributed by atoms with van der Waals surface area (Å²) in [7, 11) is 0. The monoisotopic (exact) mass is 501 g/mol. The van der Waals surface area contributed by atoms with Crippen molar-refractivity contribution in [2.45, 2.75) is 18.9 Å². The summed E-state index contributed by atoms with van der Waals surface area (Å²) in [6, 6.07) is 20.2. The molecule has 5 nitrogen and oxygen atoms in total. The van der Waals surface area contributed by atoms with Crippen molar-refractivity contribution in [1.82, 2.24) is 0 Å². The average molecular weight is 503 g/mol. The number of benzene rings is 3. The molecule has 3 aromatic carbocycles. The van der Waals surface area contributed by atoms with Gasteiger partial charge in [0.05, 0.1) is 23.3 Å². The number of nitrogens with zero attached hydrogens (tertiary/aromatic N) is 3. The molecule has 1 N–H and O–H groups in total. The Morgan fingerprint density at radius 3 is 2.55 bits per heavy atom. The molecule has 0 amide bonds. The van der Waals surface area contributed by atoms with Crippen LogP contribution in [0.3, 0.4) is 0 Å². The fraction of sp³-hybridized carbons (Fsp3) is 0.200. The van der Waals surface area contributed by atoms with E-state index in [0.29, 0.717) is 34.4 Å². The van der Waals surface area contributed by atoms with Crippen LogP contribution in [0.4, 0.5) is 11.4 Å². The number of Topliss-reactive ketones (excluding diaryl/α,β-unsaturated/α-hetero) is 1. The largest absolute Gasteiger partial charge is 0.508 e. The molecule has 2 aliphatic rings. The molecule has 0 aliphatic carbocycles. The molecule has 1 atom stereocenters. The van der Waals surface area contributed by atoms with Gasteiger partial charge in [-0.2, -0.15) is 5.10 Å². The molecule has 0 radical (unpaired) electrons. The van der Waals surface area contributed by atoms with Crippen molar-refractivity contribution in [2.75, 3.05) is 23.0 Å². The van der Waals surface area contributed by atoms with Crippen molar-refractivity contribution in [3.05, 3.63) is 87.9 Å². The lowest BCUT2D eigenvalue weighted by Gasteiger charge is -2.25. The number of anilines is 2. The summed E-state index contributed by atoms with van der Waals surface area (Å²) in [5.74, 6) is 0.186. The van der Waals surface area contributed by atoms with Crippen molar-refractivity contribution >= 4 is 58.5 Å². The van der Waals surface area contributed by atoms with E-state index in [-0.39, 0.29) is 30.0 Å². The van der Waals surface area contributed by atoms with E-state index in [1.165, 1.54) is 5.56 Å². The second-order valence-electron chi connectivity index (χ2n) is 8.02. The van der Waals surface area contributed by atoms with Crippen LogP contribution in [0.5, 0.6) is 5.75 Å². The normalized spacial score (nSPS) is 16.9. The van der Waals surface area contributed by atoms with Gasteiger partial charge in [-0.3, -0.25) is 9.80 Å². The molecule has 0 bridgehead atoms. The Morgan fingerprint density at radius 1 is 1.03 bits per heavy atom. The van der Waals surface area contributed by atoms with E-state index < -0.39 is 0 Å². The highest BCUT2D eigenvalue weighted by Crippen LogP contribution is 2.40. The number of hydrogen-bond acceptors (Lipinski definition) is 5. The third kappa shape index (κ3) is 4.67. The third-order valence-corrected chi connectivity index (χ3v) is 6.52. The molecule has 8 heteroatoms. The van der Waals surface area contributed by atoms with Crippen LogP contribution in [-0.4, -0.2) is 29.7 Å². The molecule has 2 heterocycles. The Kier molecular flexibility index (Phi) is 6.84. The average Bonchev–Trinajstić information content (AvgIpc) is 3.39. The number of aromatic hydroxyl groups is 1. The summed E-state index contributed by atoms with van der Waals surface area (Å²) >= 11 is 12.6. The maximum absolute atomic E-state index is 13.3.